The fourth-order valence-corrected chi connectivity index (χ4v) is 1.95. The third-order valence-electron chi connectivity index (χ3n) is 3.50. The molecule has 140 valence electrons. The number of pyridine rings is 1. The lowest BCUT2D eigenvalue weighted by Crippen LogP contribution is -2.46. The second-order valence-electron chi connectivity index (χ2n) is 7.06. The van der Waals surface area contributed by atoms with Gasteiger partial charge in [0.1, 0.15) is 17.5 Å². The van der Waals surface area contributed by atoms with Crippen LogP contribution >= 0.6 is 0 Å². The van der Waals surface area contributed by atoms with Crippen molar-refractivity contribution in [1.82, 2.24) is 10.3 Å². The maximum Gasteiger partial charge on any atom is 0.408 e. The van der Waals surface area contributed by atoms with Gasteiger partial charge in [-0.1, -0.05) is 6.07 Å². The van der Waals surface area contributed by atoms with Gasteiger partial charge in [-0.05, 0) is 40.7 Å². The van der Waals surface area contributed by atoms with Crippen molar-refractivity contribution in [2.75, 3.05) is 11.9 Å². The summed E-state index contributed by atoms with van der Waals surface area (Å²) in [5.41, 5.74) is -0.493. The van der Waals surface area contributed by atoms with Crippen LogP contribution in [0.5, 0.6) is 0 Å². The number of hydrogen-bond donors (Lipinski definition) is 3. The Bertz CT molecular complexity index is 595. The number of alkyl carbamates (subject to hydrolysis) is 1. The van der Waals surface area contributed by atoms with Crippen LogP contribution in [0.3, 0.4) is 0 Å². The molecule has 1 aromatic heterocycles. The number of carboxylic acids is 1. The minimum atomic E-state index is -1.55. The Balaban J connectivity index is 2.90. The molecule has 0 aliphatic carbocycles. The van der Waals surface area contributed by atoms with Crippen molar-refractivity contribution in [3.63, 3.8) is 0 Å². The molecule has 0 aliphatic rings. The van der Waals surface area contributed by atoms with Crippen LogP contribution in [0.1, 0.15) is 46.3 Å². The quantitative estimate of drug-likeness (QED) is 0.716. The largest absolute Gasteiger partial charge is 0.480 e. The zero-order chi connectivity index (χ0) is 19.4. The van der Waals surface area contributed by atoms with E-state index in [0.29, 0.717) is 5.82 Å². The summed E-state index contributed by atoms with van der Waals surface area (Å²) in [6, 6.07) is 1.96. The van der Waals surface area contributed by atoms with E-state index in [1.54, 1.807) is 32.9 Å². The lowest BCUT2D eigenvalue weighted by molar-refractivity contribution is -0.142. The number of nitrogens with one attached hydrogen (secondary N) is 1. The average Bonchev–Trinajstić information content (AvgIpc) is 2.49. The van der Waals surface area contributed by atoms with Gasteiger partial charge in [-0.3, -0.25) is 0 Å². The molecule has 0 aliphatic heterocycles. The maximum atomic E-state index is 11.8. The molecule has 1 aromatic rings. The molecular formula is C17H27N3O5. The number of carbonyl (C=O) groups excluding carboxylic acids is 1. The van der Waals surface area contributed by atoms with Crippen molar-refractivity contribution < 1.29 is 24.5 Å². The molecule has 0 bridgehead atoms. The van der Waals surface area contributed by atoms with E-state index in [4.69, 9.17) is 4.74 Å². The highest BCUT2D eigenvalue weighted by Crippen LogP contribution is 2.20. The molecule has 0 unspecified atom stereocenters. The summed E-state index contributed by atoms with van der Waals surface area (Å²) in [6.07, 6.45) is -0.981. The van der Waals surface area contributed by atoms with E-state index < -0.39 is 29.8 Å². The van der Waals surface area contributed by atoms with E-state index in [0.717, 1.165) is 0 Å². The van der Waals surface area contributed by atoms with Crippen LogP contribution in [-0.4, -0.2) is 52.0 Å². The number of aliphatic hydroxyl groups is 1. The van der Waals surface area contributed by atoms with Crippen molar-refractivity contribution in [1.29, 1.82) is 0 Å². The van der Waals surface area contributed by atoms with Crippen molar-refractivity contribution in [3.05, 3.63) is 23.9 Å². The molecule has 25 heavy (non-hydrogen) atoms. The maximum absolute atomic E-state index is 11.8. The van der Waals surface area contributed by atoms with Gasteiger partial charge in [-0.2, -0.15) is 0 Å². The molecule has 0 radical (unpaired) electrons. The fraction of sp³-hybridized carbons (Fsp3) is 0.588. The third kappa shape index (κ3) is 6.22. The number of anilines is 1. The Kier molecular flexibility index (Phi) is 6.75. The summed E-state index contributed by atoms with van der Waals surface area (Å²) in [5.74, 6) is -0.681. The highest BCUT2D eigenvalue weighted by Gasteiger charge is 2.31. The SMILES string of the molecule is CC(C)N(C)c1ccc([C@@H](O)[C@H](NC(=O)OC(C)(C)C)C(=O)O)cn1. The van der Waals surface area contributed by atoms with Crippen molar-refractivity contribution in [3.8, 4) is 0 Å². The van der Waals surface area contributed by atoms with Crippen molar-refractivity contribution in [2.24, 2.45) is 0 Å². The molecule has 3 N–H and O–H groups in total. The predicted octanol–water partition coefficient (Wildman–Crippen LogP) is 1.94. The van der Waals surface area contributed by atoms with Gasteiger partial charge in [-0.25, -0.2) is 14.6 Å². The van der Waals surface area contributed by atoms with Crippen LogP contribution in [0, 0.1) is 0 Å². The van der Waals surface area contributed by atoms with Gasteiger partial charge >= 0.3 is 12.1 Å². The van der Waals surface area contributed by atoms with Gasteiger partial charge in [0.25, 0.3) is 0 Å². The van der Waals surface area contributed by atoms with Gasteiger partial charge in [0.2, 0.25) is 0 Å². The molecular weight excluding hydrogens is 326 g/mol. The summed E-state index contributed by atoms with van der Waals surface area (Å²) in [5, 5.41) is 21.8. The average molecular weight is 353 g/mol. The van der Waals surface area contributed by atoms with Gasteiger partial charge < -0.3 is 25.2 Å². The van der Waals surface area contributed by atoms with Crippen LogP contribution in [0.25, 0.3) is 0 Å². The van der Waals surface area contributed by atoms with Crippen LogP contribution in [0.15, 0.2) is 18.3 Å². The minimum absolute atomic E-state index is 0.240. The molecule has 8 nitrogen and oxygen atoms in total. The number of ether oxygens (including phenoxy) is 1. The molecule has 2 atom stereocenters. The highest BCUT2D eigenvalue weighted by atomic mass is 16.6. The Morgan fingerprint density at radius 1 is 1.28 bits per heavy atom. The number of aliphatic hydroxyl groups excluding tert-OH is 1. The van der Waals surface area contributed by atoms with Gasteiger partial charge in [0, 0.05) is 24.8 Å². The first-order valence-corrected chi connectivity index (χ1v) is 8.01. The standard InChI is InChI=1S/C17H27N3O5/c1-10(2)20(6)12-8-7-11(9-18-12)14(21)13(15(22)23)19-16(24)25-17(3,4)5/h7-10,13-14,21H,1-6H3,(H,19,24)(H,22,23)/t13-,14+/m0/s1. The Morgan fingerprint density at radius 2 is 1.88 bits per heavy atom. The van der Waals surface area contributed by atoms with Crippen LogP contribution < -0.4 is 10.2 Å². The Hall–Kier alpha value is -2.35. The number of aliphatic carboxylic acids is 1. The molecule has 0 spiro atoms. The summed E-state index contributed by atoms with van der Waals surface area (Å²) < 4.78 is 5.03. The number of carboxylic acid groups (broad SMARTS) is 1. The number of rotatable bonds is 6. The lowest BCUT2D eigenvalue weighted by atomic mass is 10.0. The molecule has 1 amide bonds. The Labute approximate surface area is 147 Å². The lowest BCUT2D eigenvalue weighted by Gasteiger charge is -2.25. The first kappa shape index (κ1) is 20.7. The first-order chi connectivity index (χ1) is 11.4. The number of carbonyl (C=O) groups is 2. The fourth-order valence-electron chi connectivity index (χ4n) is 1.95. The topological polar surface area (TPSA) is 112 Å². The summed E-state index contributed by atoms with van der Waals surface area (Å²) in [4.78, 5) is 29.4. The van der Waals surface area contributed by atoms with E-state index >= 15 is 0 Å². The number of aromatic nitrogens is 1. The third-order valence-corrected chi connectivity index (χ3v) is 3.50. The molecule has 0 fully saturated rings. The van der Waals surface area contributed by atoms with Gasteiger partial charge in [-0.15, -0.1) is 0 Å². The molecule has 0 aromatic carbocycles. The van der Waals surface area contributed by atoms with E-state index in [2.05, 4.69) is 10.3 Å². The van der Waals surface area contributed by atoms with Crippen LogP contribution in [-0.2, 0) is 9.53 Å². The predicted molar refractivity (Wildman–Crippen MR) is 93.5 cm³/mol. The van der Waals surface area contributed by atoms with E-state index in [9.17, 15) is 19.8 Å². The van der Waals surface area contributed by atoms with Crippen molar-refractivity contribution in [2.45, 2.75) is 58.4 Å². The van der Waals surface area contributed by atoms with Gasteiger partial charge in [0.05, 0.1) is 0 Å². The smallest absolute Gasteiger partial charge is 0.408 e. The second-order valence-corrected chi connectivity index (χ2v) is 7.06. The van der Waals surface area contributed by atoms with E-state index in [-0.39, 0.29) is 11.6 Å². The molecule has 0 saturated heterocycles. The summed E-state index contributed by atoms with van der Waals surface area (Å²) >= 11 is 0. The first-order valence-electron chi connectivity index (χ1n) is 8.01. The molecule has 0 saturated carbocycles. The highest BCUT2D eigenvalue weighted by molar-refractivity contribution is 5.80. The number of hydrogen-bond acceptors (Lipinski definition) is 6. The normalized spacial score (nSPS) is 13.9. The molecule has 1 heterocycles. The van der Waals surface area contributed by atoms with Crippen LogP contribution in [0.4, 0.5) is 10.6 Å². The zero-order valence-electron chi connectivity index (χ0n) is 15.5. The Morgan fingerprint density at radius 3 is 2.28 bits per heavy atom. The number of amides is 1. The monoisotopic (exact) mass is 353 g/mol. The van der Waals surface area contributed by atoms with Gasteiger partial charge in [0.15, 0.2) is 6.04 Å². The summed E-state index contributed by atoms with van der Waals surface area (Å²) in [6.45, 7) is 9.00. The van der Waals surface area contributed by atoms with Crippen LogP contribution in [0.2, 0.25) is 0 Å². The molecule has 1 rings (SSSR count). The summed E-state index contributed by atoms with van der Waals surface area (Å²) in [7, 11) is 1.88. The minimum Gasteiger partial charge on any atom is -0.480 e. The number of nitrogens with zero attached hydrogens (tertiary/aromatic N) is 2. The molecule has 8 heteroatoms. The second kappa shape index (κ2) is 8.15. The van der Waals surface area contributed by atoms with E-state index in [1.807, 2.05) is 25.8 Å². The van der Waals surface area contributed by atoms with E-state index in [1.165, 1.54) is 6.20 Å². The van der Waals surface area contributed by atoms with Crippen molar-refractivity contribution >= 4 is 17.9 Å². The zero-order valence-corrected chi connectivity index (χ0v) is 15.5.